The Bertz CT molecular complexity index is 142. The lowest BCUT2D eigenvalue weighted by Gasteiger charge is -2.04. The summed E-state index contributed by atoms with van der Waals surface area (Å²) < 4.78 is 4.28. The van der Waals surface area contributed by atoms with E-state index >= 15 is 0 Å². The molecule has 2 amide bonds. The first kappa shape index (κ1) is 6.70. The summed E-state index contributed by atoms with van der Waals surface area (Å²) in [5.74, 6) is -0.589. The Balaban J connectivity index is 2.66. The number of carbonyl (C=O) groups excluding carboxylic acids is 2. The van der Waals surface area contributed by atoms with E-state index in [2.05, 4.69) is 20.2 Å². The van der Waals surface area contributed by atoms with Gasteiger partial charge in [-0.05, 0) is 0 Å². The van der Waals surface area contributed by atoms with Crippen LogP contribution in [-0.2, 0) is 13.5 Å². The average Bonchev–Trinajstić information content (AvgIpc) is 2.12. The van der Waals surface area contributed by atoms with Crippen LogP contribution in [0.5, 0.6) is 0 Å². The molecule has 5 heteroatoms. The number of halogens is 1. The third kappa shape index (κ3) is 1.11. The van der Waals surface area contributed by atoms with Crippen molar-refractivity contribution in [2.24, 2.45) is 0 Å². The minimum Gasteiger partial charge on any atom is -0.272 e. The highest BCUT2D eigenvalue weighted by atomic mass is 79.9. The Morgan fingerprint density at radius 2 is 1.78 bits per heavy atom. The quantitative estimate of drug-likeness (QED) is 0.566. The van der Waals surface area contributed by atoms with Gasteiger partial charge in [0.1, 0.15) is 16.3 Å². The molecule has 0 aromatic carbocycles. The second-order valence-electron chi connectivity index (χ2n) is 1.65. The summed E-state index contributed by atoms with van der Waals surface area (Å²) >= 11 is 2.54. The van der Waals surface area contributed by atoms with Crippen molar-refractivity contribution in [2.45, 2.75) is 12.8 Å². The zero-order chi connectivity index (χ0) is 6.85. The molecule has 0 N–H and O–H groups in total. The standard InChI is InChI=1S/C4H4BrNO3/c5-9-6-3(7)1-2-4(6)8/h1-2H2. The van der Waals surface area contributed by atoms with Gasteiger partial charge in [-0.2, -0.15) is 3.93 Å². The van der Waals surface area contributed by atoms with Crippen LogP contribution < -0.4 is 0 Å². The molecule has 0 bridgehead atoms. The molecule has 1 saturated heterocycles. The van der Waals surface area contributed by atoms with Gasteiger partial charge in [0.15, 0.2) is 0 Å². The summed E-state index contributed by atoms with van der Waals surface area (Å²) in [5, 5.41) is 0.708. The second-order valence-corrected chi connectivity index (χ2v) is 1.94. The molecule has 9 heavy (non-hydrogen) atoms. The van der Waals surface area contributed by atoms with Crippen molar-refractivity contribution in [3.63, 3.8) is 0 Å². The smallest absolute Gasteiger partial charge is 0.254 e. The van der Waals surface area contributed by atoms with E-state index in [0.717, 1.165) is 0 Å². The first-order valence-corrected chi connectivity index (χ1v) is 3.05. The van der Waals surface area contributed by atoms with Crippen LogP contribution >= 0.6 is 16.3 Å². The normalized spacial score (nSPS) is 19.4. The van der Waals surface area contributed by atoms with E-state index in [1.165, 1.54) is 0 Å². The molecule has 1 fully saturated rings. The van der Waals surface area contributed by atoms with Gasteiger partial charge in [-0.1, -0.05) is 0 Å². The van der Waals surface area contributed by atoms with Crippen LogP contribution in [0.25, 0.3) is 0 Å². The Kier molecular flexibility index (Phi) is 1.82. The van der Waals surface area contributed by atoms with Crippen molar-refractivity contribution in [1.82, 2.24) is 5.06 Å². The van der Waals surface area contributed by atoms with Crippen molar-refractivity contribution in [1.29, 1.82) is 0 Å². The molecular weight excluding hydrogens is 190 g/mol. The van der Waals surface area contributed by atoms with E-state index in [-0.39, 0.29) is 24.7 Å². The predicted octanol–water partition coefficient (Wildman–Crippen LogP) is 0.377. The van der Waals surface area contributed by atoms with Crippen LogP contribution in [-0.4, -0.2) is 16.9 Å². The maximum absolute atomic E-state index is 10.6. The van der Waals surface area contributed by atoms with Gasteiger partial charge in [0.25, 0.3) is 11.8 Å². The summed E-state index contributed by atoms with van der Waals surface area (Å²) in [5.41, 5.74) is 0. The summed E-state index contributed by atoms with van der Waals surface area (Å²) in [6.45, 7) is 0. The third-order valence-corrected chi connectivity index (χ3v) is 1.36. The van der Waals surface area contributed by atoms with Crippen molar-refractivity contribution in [3.8, 4) is 0 Å². The van der Waals surface area contributed by atoms with Crippen molar-refractivity contribution in [3.05, 3.63) is 0 Å². The van der Waals surface area contributed by atoms with E-state index in [1.807, 2.05) is 0 Å². The molecule has 4 nitrogen and oxygen atoms in total. The number of rotatable bonds is 1. The Morgan fingerprint density at radius 3 is 2.00 bits per heavy atom. The van der Waals surface area contributed by atoms with Gasteiger partial charge < -0.3 is 0 Å². The Labute approximate surface area is 60.2 Å². The Morgan fingerprint density at radius 1 is 1.33 bits per heavy atom. The number of hydroxylamine groups is 2. The molecule has 0 atom stereocenters. The lowest BCUT2D eigenvalue weighted by Crippen LogP contribution is -2.25. The maximum Gasteiger partial charge on any atom is 0.254 e. The average molecular weight is 194 g/mol. The first-order valence-electron chi connectivity index (χ1n) is 2.40. The molecular formula is C4H4BrNO3. The SMILES string of the molecule is O=C1CCC(=O)N1OBr. The minimum absolute atomic E-state index is 0.254. The van der Waals surface area contributed by atoms with E-state index in [4.69, 9.17) is 0 Å². The van der Waals surface area contributed by atoms with Gasteiger partial charge in [0.2, 0.25) is 0 Å². The zero-order valence-corrected chi connectivity index (χ0v) is 6.05. The minimum atomic E-state index is -0.295. The van der Waals surface area contributed by atoms with Crippen LogP contribution in [0.4, 0.5) is 0 Å². The van der Waals surface area contributed by atoms with E-state index in [0.29, 0.717) is 5.06 Å². The molecule has 1 aliphatic heterocycles. The van der Waals surface area contributed by atoms with Crippen LogP contribution in [0.15, 0.2) is 0 Å². The number of hydrogen-bond donors (Lipinski definition) is 0. The summed E-state index contributed by atoms with van der Waals surface area (Å²) in [7, 11) is 0. The third-order valence-electron chi connectivity index (χ3n) is 1.07. The highest BCUT2D eigenvalue weighted by Crippen LogP contribution is 2.13. The van der Waals surface area contributed by atoms with Gasteiger partial charge in [0.05, 0.1) is 0 Å². The van der Waals surface area contributed by atoms with Gasteiger partial charge in [-0.3, -0.25) is 9.59 Å². The van der Waals surface area contributed by atoms with Gasteiger partial charge >= 0.3 is 0 Å². The van der Waals surface area contributed by atoms with Crippen molar-refractivity contribution < 1.29 is 13.5 Å². The number of nitrogens with zero attached hydrogens (tertiary/aromatic N) is 1. The monoisotopic (exact) mass is 193 g/mol. The van der Waals surface area contributed by atoms with Crippen LogP contribution in [0.2, 0.25) is 0 Å². The molecule has 0 aromatic rings. The molecule has 0 spiro atoms. The Hall–Kier alpha value is -0.420. The fourth-order valence-corrected chi connectivity index (χ4v) is 0.956. The van der Waals surface area contributed by atoms with E-state index in [9.17, 15) is 9.59 Å². The van der Waals surface area contributed by atoms with Crippen LogP contribution in [0.1, 0.15) is 12.8 Å². The topological polar surface area (TPSA) is 46.6 Å². The molecule has 0 unspecified atom stereocenters. The lowest BCUT2D eigenvalue weighted by molar-refractivity contribution is -0.160. The molecule has 0 radical (unpaired) electrons. The van der Waals surface area contributed by atoms with Gasteiger partial charge in [-0.25, -0.2) is 0 Å². The highest BCUT2D eigenvalue weighted by Gasteiger charge is 2.29. The summed E-state index contributed by atoms with van der Waals surface area (Å²) in [4.78, 5) is 21.1. The molecule has 1 heterocycles. The molecule has 50 valence electrons. The number of carbonyl (C=O) groups is 2. The fraction of sp³-hybridized carbons (Fsp3) is 0.500. The second kappa shape index (κ2) is 2.45. The molecule has 0 aliphatic carbocycles. The largest absolute Gasteiger partial charge is 0.272 e. The van der Waals surface area contributed by atoms with E-state index < -0.39 is 0 Å². The van der Waals surface area contributed by atoms with Crippen LogP contribution in [0.3, 0.4) is 0 Å². The van der Waals surface area contributed by atoms with E-state index in [1.54, 1.807) is 0 Å². The van der Waals surface area contributed by atoms with Gasteiger partial charge in [0, 0.05) is 12.8 Å². The van der Waals surface area contributed by atoms with Crippen molar-refractivity contribution >= 4 is 28.1 Å². The number of hydrogen-bond acceptors (Lipinski definition) is 3. The highest BCUT2D eigenvalue weighted by molar-refractivity contribution is 9.05. The zero-order valence-electron chi connectivity index (χ0n) is 4.46. The van der Waals surface area contributed by atoms with Crippen molar-refractivity contribution in [2.75, 3.05) is 0 Å². The van der Waals surface area contributed by atoms with Gasteiger partial charge in [-0.15, -0.1) is 5.06 Å². The fourth-order valence-electron chi connectivity index (χ4n) is 0.633. The number of amides is 2. The predicted molar refractivity (Wildman–Crippen MR) is 31.1 cm³/mol. The maximum atomic E-state index is 10.6. The van der Waals surface area contributed by atoms with Crippen LogP contribution in [0, 0.1) is 0 Å². The molecule has 1 rings (SSSR count). The first-order chi connectivity index (χ1) is 4.25. The molecule has 0 aromatic heterocycles. The molecule has 0 saturated carbocycles. The summed E-state index contributed by atoms with van der Waals surface area (Å²) in [6.07, 6.45) is 0.509. The summed E-state index contributed by atoms with van der Waals surface area (Å²) in [6, 6.07) is 0. The number of imide groups is 1. The molecule has 1 aliphatic rings. The lowest BCUT2D eigenvalue weighted by atomic mass is 10.4.